The molecule has 3 aromatic heterocycles. The highest BCUT2D eigenvalue weighted by molar-refractivity contribution is 7.98. The molecule has 0 saturated carbocycles. The van der Waals surface area contributed by atoms with Crippen molar-refractivity contribution < 1.29 is 23.7 Å². The number of rotatable bonds is 11. The van der Waals surface area contributed by atoms with E-state index in [4.69, 9.17) is 23.9 Å². The van der Waals surface area contributed by atoms with E-state index in [-0.39, 0.29) is 36.8 Å². The number of amides is 1. The molecule has 226 valence electrons. The van der Waals surface area contributed by atoms with Crippen LogP contribution in [0.5, 0.6) is 23.0 Å². The van der Waals surface area contributed by atoms with Crippen molar-refractivity contribution in [2.45, 2.75) is 30.3 Å². The Kier molecular flexibility index (Phi) is 8.37. The lowest BCUT2D eigenvalue weighted by Gasteiger charge is -2.14. The van der Waals surface area contributed by atoms with Gasteiger partial charge in [-0.25, -0.2) is 9.97 Å². The lowest BCUT2D eigenvalue weighted by atomic mass is 10.1. The molecular formula is C31H29N5O7S. The number of carbonyl (C=O) groups is 1. The van der Waals surface area contributed by atoms with Gasteiger partial charge < -0.3 is 24.3 Å². The standard InChI is InChI=1S/C31H29N5O7S/c1-40-23-7-6-19(13-24(23)41-2)8-10-32-28(37)9-12-36-30(39)21-15-25-26(43-18-42-25)16-22(21)34-31(36)44-17-20-14-29(38)35-11-4-3-5-27(35)33-20/h3-7,11,13-16H,8-10,12,17-18H2,1-2H3,(H,32,37). The fourth-order valence-electron chi connectivity index (χ4n) is 4.90. The van der Waals surface area contributed by atoms with Crippen LogP contribution in [0.2, 0.25) is 0 Å². The zero-order valence-corrected chi connectivity index (χ0v) is 24.9. The number of carbonyl (C=O) groups excluding carboxylic acids is 1. The first-order chi connectivity index (χ1) is 21.4. The van der Waals surface area contributed by atoms with E-state index in [1.165, 1.54) is 26.8 Å². The van der Waals surface area contributed by atoms with E-state index in [2.05, 4.69) is 10.3 Å². The Bertz CT molecular complexity index is 1990. The minimum Gasteiger partial charge on any atom is -0.493 e. The van der Waals surface area contributed by atoms with Gasteiger partial charge in [-0.05, 0) is 42.3 Å². The third-order valence-electron chi connectivity index (χ3n) is 7.13. The lowest BCUT2D eigenvalue weighted by Crippen LogP contribution is -2.30. The van der Waals surface area contributed by atoms with Crippen LogP contribution < -0.4 is 35.4 Å². The summed E-state index contributed by atoms with van der Waals surface area (Å²) in [5.41, 5.74) is 2.00. The van der Waals surface area contributed by atoms with Crippen LogP contribution in [-0.4, -0.2) is 52.4 Å². The van der Waals surface area contributed by atoms with Gasteiger partial charge in [0.1, 0.15) is 5.65 Å². The summed E-state index contributed by atoms with van der Waals surface area (Å²) < 4.78 is 24.5. The molecule has 5 aromatic rings. The molecule has 1 aliphatic rings. The second-order valence-corrected chi connectivity index (χ2v) is 10.9. The SMILES string of the molecule is COc1ccc(CCNC(=O)CCn2c(SCc3cc(=O)n4ccccc4n3)nc3cc4c(cc3c2=O)OCO4)cc1OC. The van der Waals surface area contributed by atoms with Crippen molar-refractivity contribution in [1.82, 2.24) is 24.3 Å². The second-order valence-electron chi connectivity index (χ2n) is 9.92. The third kappa shape index (κ3) is 6.04. The molecule has 0 fully saturated rings. The van der Waals surface area contributed by atoms with Gasteiger partial charge in [0.25, 0.3) is 11.1 Å². The van der Waals surface area contributed by atoms with E-state index in [1.807, 2.05) is 24.3 Å². The Labute approximate surface area is 255 Å². The molecule has 12 nitrogen and oxygen atoms in total. The molecule has 2 aromatic carbocycles. The number of nitrogens with zero attached hydrogens (tertiary/aromatic N) is 4. The van der Waals surface area contributed by atoms with Crippen LogP contribution in [0, 0.1) is 0 Å². The molecular weight excluding hydrogens is 586 g/mol. The Morgan fingerprint density at radius 2 is 1.82 bits per heavy atom. The van der Waals surface area contributed by atoms with Crippen LogP contribution >= 0.6 is 11.8 Å². The van der Waals surface area contributed by atoms with E-state index in [0.717, 1.165) is 5.56 Å². The van der Waals surface area contributed by atoms with Gasteiger partial charge in [0, 0.05) is 43.6 Å². The van der Waals surface area contributed by atoms with Gasteiger partial charge in [0.05, 0.1) is 30.8 Å². The molecule has 0 unspecified atom stereocenters. The van der Waals surface area contributed by atoms with Crippen LogP contribution in [0.4, 0.5) is 0 Å². The van der Waals surface area contributed by atoms with Gasteiger partial charge in [0.15, 0.2) is 28.2 Å². The molecule has 1 N–H and O–H groups in total. The molecule has 44 heavy (non-hydrogen) atoms. The van der Waals surface area contributed by atoms with Crippen LogP contribution in [0.3, 0.4) is 0 Å². The molecule has 1 amide bonds. The molecule has 0 bridgehead atoms. The number of aromatic nitrogens is 4. The number of ether oxygens (including phenoxy) is 4. The fourth-order valence-corrected chi connectivity index (χ4v) is 5.82. The summed E-state index contributed by atoms with van der Waals surface area (Å²) >= 11 is 1.27. The summed E-state index contributed by atoms with van der Waals surface area (Å²) in [5.74, 6) is 2.32. The summed E-state index contributed by atoms with van der Waals surface area (Å²) in [7, 11) is 3.15. The lowest BCUT2D eigenvalue weighted by molar-refractivity contribution is -0.121. The Hall–Kier alpha value is -5.04. The zero-order valence-electron chi connectivity index (χ0n) is 24.1. The number of hydrogen-bond donors (Lipinski definition) is 1. The van der Waals surface area contributed by atoms with E-state index < -0.39 is 0 Å². The van der Waals surface area contributed by atoms with E-state index in [0.29, 0.717) is 69.1 Å². The molecule has 0 radical (unpaired) electrons. The second kappa shape index (κ2) is 12.7. The average Bonchev–Trinajstić information content (AvgIpc) is 3.50. The van der Waals surface area contributed by atoms with Crippen molar-refractivity contribution in [2.24, 2.45) is 0 Å². The van der Waals surface area contributed by atoms with E-state index in [9.17, 15) is 14.4 Å². The Morgan fingerprint density at radius 3 is 2.64 bits per heavy atom. The van der Waals surface area contributed by atoms with Gasteiger partial charge >= 0.3 is 0 Å². The smallest absolute Gasteiger partial charge is 0.262 e. The molecule has 4 heterocycles. The summed E-state index contributed by atoms with van der Waals surface area (Å²) in [5, 5.41) is 3.68. The third-order valence-corrected chi connectivity index (χ3v) is 8.14. The summed E-state index contributed by atoms with van der Waals surface area (Å²) in [4.78, 5) is 48.5. The molecule has 1 aliphatic heterocycles. The number of thioether (sulfide) groups is 1. The molecule has 13 heteroatoms. The number of benzene rings is 2. The average molecular weight is 616 g/mol. The van der Waals surface area contributed by atoms with E-state index in [1.54, 1.807) is 44.7 Å². The molecule has 0 spiro atoms. The van der Waals surface area contributed by atoms with Crippen molar-refractivity contribution in [3.05, 3.63) is 92.8 Å². The first kappa shape index (κ1) is 29.1. The van der Waals surface area contributed by atoms with Crippen LogP contribution in [0.25, 0.3) is 16.6 Å². The van der Waals surface area contributed by atoms with Crippen LogP contribution in [0.15, 0.2) is 75.5 Å². The first-order valence-corrected chi connectivity index (χ1v) is 14.8. The number of pyridine rings is 1. The van der Waals surface area contributed by atoms with Crippen molar-refractivity contribution in [1.29, 1.82) is 0 Å². The Balaban J connectivity index is 1.20. The van der Waals surface area contributed by atoms with Gasteiger partial charge in [-0.1, -0.05) is 23.9 Å². The number of methoxy groups -OCH3 is 2. The van der Waals surface area contributed by atoms with Gasteiger partial charge in [-0.3, -0.25) is 23.4 Å². The first-order valence-electron chi connectivity index (χ1n) is 13.9. The summed E-state index contributed by atoms with van der Waals surface area (Å²) in [6, 6.07) is 15.7. The largest absolute Gasteiger partial charge is 0.493 e. The summed E-state index contributed by atoms with van der Waals surface area (Å²) in [6.07, 6.45) is 2.32. The predicted octanol–water partition coefficient (Wildman–Crippen LogP) is 3.19. The van der Waals surface area contributed by atoms with Crippen molar-refractivity contribution in [2.75, 3.05) is 27.6 Å². The van der Waals surface area contributed by atoms with E-state index >= 15 is 0 Å². The highest BCUT2D eigenvalue weighted by Gasteiger charge is 2.20. The van der Waals surface area contributed by atoms with Crippen LogP contribution in [-0.2, 0) is 23.5 Å². The van der Waals surface area contributed by atoms with Gasteiger partial charge in [-0.2, -0.15) is 0 Å². The topological polar surface area (TPSA) is 135 Å². The molecule has 0 atom stereocenters. The summed E-state index contributed by atoms with van der Waals surface area (Å²) in [6.45, 7) is 0.579. The number of fused-ring (bicyclic) bond motifs is 3. The quantitative estimate of drug-likeness (QED) is 0.174. The minimum absolute atomic E-state index is 0.0622. The zero-order chi connectivity index (χ0) is 30.6. The monoisotopic (exact) mass is 615 g/mol. The fraction of sp³-hybridized carbons (Fsp3) is 0.258. The maximum atomic E-state index is 13.7. The predicted molar refractivity (Wildman–Crippen MR) is 164 cm³/mol. The molecule has 6 rings (SSSR count). The highest BCUT2D eigenvalue weighted by Crippen LogP contribution is 2.35. The van der Waals surface area contributed by atoms with Gasteiger partial charge in [0.2, 0.25) is 12.7 Å². The number of nitrogens with one attached hydrogen (secondary N) is 1. The molecule has 0 aliphatic carbocycles. The minimum atomic E-state index is -0.305. The highest BCUT2D eigenvalue weighted by atomic mass is 32.2. The normalized spacial score (nSPS) is 12.0. The van der Waals surface area contributed by atoms with Crippen molar-refractivity contribution in [3.63, 3.8) is 0 Å². The Morgan fingerprint density at radius 1 is 1.00 bits per heavy atom. The molecule has 0 saturated heterocycles. The van der Waals surface area contributed by atoms with Crippen LogP contribution in [0.1, 0.15) is 17.7 Å². The maximum absolute atomic E-state index is 13.7. The number of hydrogen-bond acceptors (Lipinski definition) is 10. The van der Waals surface area contributed by atoms with Crippen molar-refractivity contribution in [3.8, 4) is 23.0 Å². The van der Waals surface area contributed by atoms with Gasteiger partial charge in [-0.15, -0.1) is 0 Å². The van der Waals surface area contributed by atoms with Crippen molar-refractivity contribution >= 4 is 34.2 Å². The maximum Gasteiger partial charge on any atom is 0.262 e.